The molecule has 1 rings (SSSR count). The van der Waals surface area contributed by atoms with Gasteiger partial charge in [0.2, 0.25) is 0 Å². The van der Waals surface area contributed by atoms with Crippen LogP contribution in [0, 0.1) is 6.92 Å². The van der Waals surface area contributed by atoms with Crippen molar-refractivity contribution in [2.75, 3.05) is 0 Å². The molecular formula is C15H23ClN2O. The molecule has 0 aliphatic rings. The fraction of sp³-hybridized carbons (Fsp3) is 0.600. The van der Waals surface area contributed by atoms with E-state index in [0.717, 1.165) is 18.5 Å². The Bertz CT molecular complexity index is 421. The van der Waals surface area contributed by atoms with Crippen LogP contribution in [0.25, 0.3) is 0 Å². The second-order valence-electron chi connectivity index (χ2n) is 5.03. The van der Waals surface area contributed by atoms with E-state index in [-0.39, 0.29) is 11.9 Å². The normalized spacial score (nSPS) is 12.2. The highest BCUT2D eigenvalue weighted by atomic mass is 35.5. The molecule has 0 spiro atoms. The summed E-state index contributed by atoms with van der Waals surface area (Å²) in [5, 5.41) is 3.43. The Labute approximate surface area is 120 Å². The number of hydrogen-bond donors (Lipinski definition) is 1. The molecule has 3 nitrogen and oxygen atoms in total. The number of hydrogen-bond acceptors (Lipinski definition) is 2. The molecular weight excluding hydrogens is 260 g/mol. The first kappa shape index (κ1) is 16.0. The fourth-order valence-corrected chi connectivity index (χ4v) is 2.24. The van der Waals surface area contributed by atoms with Gasteiger partial charge in [-0.05, 0) is 26.3 Å². The average molecular weight is 283 g/mol. The standard InChI is InChI=1S/C15H23ClN2O/c1-4-5-6-7-8-11(2)18-15(19)13-10-17-12(3)9-14(13)16/h9-11H,4-8H2,1-3H3,(H,18,19). The van der Waals surface area contributed by atoms with E-state index in [1.54, 1.807) is 6.07 Å². The maximum Gasteiger partial charge on any atom is 0.254 e. The summed E-state index contributed by atoms with van der Waals surface area (Å²) in [5.74, 6) is -0.138. The van der Waals surface area contributed by atoms with E-state index < -0.39 is 0 Å². The molecule has 1 unspecified atom stereocenters. The molecule has 0 radical (unpaired) electrons. The first-order valence-corrected chi connectivity index (χ1v) is 7.35. The molecule has 1 aromatic rings. The Hall–Kier alpha value is -1.09. The smallest absolute Gasteiger partial charge is 0.254 e. The SMILES string of the molecule is CCCCCCC(C)NC(=O)c1cnc(C)cc1Cl. The van der Waals surface area contributed by atoms with Gasteiger partial charge in [0.25, 0.3) is 5.91 Å². The fourth-order valence-electron chi connectivity index (χ4n) is 1.94. The molecule has 19 heavy (non-hydrogen) atoms. The summed E-state index contributed by atoms with van der Waals surface area (Å²) >= 11 is 6.05. The van der Waals surface area contributed by atoms with Crippen LogP contribution in [0.3, 0.4) is 0 Å². The summed E-state index contributed by atoms with van der Waals surface area (Å²) in [6.07, 6.45) is 7.40. The Kier molecular flexibility index (Phi) is 6.85. The lowest BCUT2D eigenvalue weighted by Crippen LogP contribution is -2.32. The average Bonchev–Trinajstić information content (AvgIpc) is 2.34. The Morgan fingerprint density at radius 3 is 2.79 bits per heavy atom. The summed E-state index contributed by atoms with van der Waals surface area (Å²) in [4.78, 5) is 16.2. The van der Waals surface area contributed by atoms with Crippen molar-refractivity contribution in [1.29, 1.82) is 0 Å². The molecule has 0 aliphatic carbocycles. The summed E-state index contributed by atoms with van der Waals surface area (Å²) in [6.45, 7) is 6.07. The number of amides is 1. The van der Waals surface area contributed by atoms with E-state index in [0.29, 0.717) is 10.6 Å². The number of nitrogens with one attached hydrogen (secondary N) is 1. The summed E-state index contributed by atoms with van der Waals surface area (Å²) in [6, 6.07) is 1.88. The molecule has 1 amide bonds. The Morgan fingerprint density at radius 1 is 1.42 bits per heavy atom. The van der Waals surface area contributed by atoms with Crippen LogP contribution in [-0.4, -0.2) is 16.9 Å². The highest BCUT2D eigenvalue weighted by Gasteiger charge is 2.13. The van der Waals surface area contributed by atoms with E-state index in [2.05, 4.69) is 17.2 Å². The largest absolute Gasteiger partial charge is 0.349 e. The van der Waals surface area contributed by atoms with Crippen LogP contribution in [0.15, 0.2) is 12.3 Å². The zero-order valence-corrected chi connectivity index (χ0v) is 12.8. The second kappa shape index (κ2) is 8.16. The second-order valence-corrected chi connectivity index (χ2v) is 5.44. The van der Waals surface area contributed by atoms with Crippen LogP contribution in [0.1, 0.15) is 62.0 Å². The van der Waals surface area contributed by atoms with Crippen LogP contribution in [0.5, 0.6) is 0 Å². The van der Waals surface area contributed by atoms with Crippen molar-refractivity contribution in [1.82, 2.24) is 10.3 Å². The van der Waals surface area contributed by atoms with Gasteiger partial charge in [0, 0.05) is 17.9 Å². The first-order valence-electron chi connectivity index (χ1n) is 6.97. The maximum atomic E-state index is 12.0. The molecule has 0 saturated carbocycles. The van der Waals surface area contributed by atoms with E-state index in [9.17, 15) is 4.79 Å². The van der Waals surface area contributed by atoms with Crippen LogP contribution in [0.4, 0.5) is 0 Å². The number of carbonyl (C=O) groups is 1. The predicted octanol–water partition coefficient (Wildman–Crippen LogP) is 4.13. The van der Waals surface area contributed by atoms with Gasteiger partial charge in [-0.15, -0.1) is 0 Å². The third kappa shape index (κ3) is 5.60. The zero-order valence-electron chi connectivity index (χ0n) is 12.0. The van der Waals surface area contributed by atoms with Crippen LogP contribution >= 0.6 is 11.6 Å². The maximum absolute atomic E-state index is 12.0. The number of aryl methyl sites for hydroxylation is 1. The lowest BCUT2D eigenvalue weighted by Gasteiger charge is -2.14. The molecule has 0 saturated heterocycles. The van der Waals surface area contributed by atoms with E-state index in [4.69, 9.17) is 11.6 Å². The van der Waals surface area contributed by atoms with Crippen molar-refractivity contribution >= 4 is 17.5 Å². The number of aromatic nitrogens is 1. The predicted molar refractivity (Wildman–Crippen MR) is 79.7 cm³/mol. The van der Waals surface area contributed by atoms with E-state index >= 15 is 0 Å². The number of carbonyl (C=O) groups excluding carboxylic acids is 1. The zero-order chi connectivity index (χ0) is 14.3. The van der Waals surface area contributed by atoms with Crippen molar-refractivity contribution in [2.45, 2.75) is 58.9 Å². The third-order valence-corrected chi connectivity index (χ3v) is 3.42. The van der Waals surface area contributed by atoms with Gasteiger partial charge < -0.3 is 5.32 Å². The lowest BCUT2D eigenvalue weighted by atomic mass is 10.1. The molecule has 0 fully saturated rings. The van der Waals surface area contributed by atoms with Gasteiger partial charge in [0.15, 0.2) is 0 Å². The molecule has 106 valence electrons. The molecule has 0 aromatic carbocycles. The van der Waals surface area contributed by atoms with Crippen LogP contribution in [-0.2, 0) is 0 Å². The van der Waals surface area contributed by atoms with Crippen molar-refractivity contribution in [3.05, 3.63) is 28.5 Å². The van der Waals surface area contributed by atoms with Crippen molar-refractivity contribution in [3.63, 3.8) is 0 Å². The molecule has 4 heteroatoms. The minimum Gasteiger partial charge on any atom is -0.349 e. The van der Waals surface area contributed by atoms with Gasteiger partial charge in [-0.2, -0.15) is 0 Å². The Balaban J connectivity index is 2.45. The molecule has 1 aromatic heterocycles. The van der Waals surface area contributed by atoms with Gasteiger partial charge in [-0.25, -0.2) is 0 Å². The van der Waals surface area contributed by atoms with Gasteiger partial charge in [-0.1, -0.05) is 44.2 Å². The molecule has 0 aliphatic heterocycles. The molecule has 0 bridgehead atoms. The topological polar surface area (TPSA) is 42.0 Å². The van der Waals surface area contributed by atoms with Crippen molar-refractivity contribution < 1.29 is 4.79 Å². The summed E-state index contributed by atoms with van der Waals surface area (Å²) < 4.78 is 0. The number of pyridine rings is 1. The van der Waals surface area contributed by atoms with Crippen LogP contribution < -0.4 is 5.32 Å². The highest BCUT2D eigenvalue weighted by molar-refractivity contribution is 6.33. The van der Waals surface area contributed by atoms with Crippen molar-refractivity contribution in [2.24, 2.45) is 0 Å². The minimum absolute atomic E-state index is 0.138. The minimum atomic E-state index is -0.138. The van der Waals surface area contributed by atoms with Gasteiger partial charge in [0.05, 0.1) is 10.6 Å². The van der Waals surface area contributed by atoms with Crippen LogP contribution in [0.2, 0.25) is 5.02 Å². The quantitative estimate of drug-likeness (QED) is 0.764. The van der Waals surface area contributed by atoms with Crippen molar-refractivity contribution in [3.8, 4) is 0 Å². The molecule has 1 N–H and O–H groups in total. The van der Waals surface area contributed by atoms with Gasteiger partial charge >= 0.3 is 0 Å². The number of rotatable bonds is 7. The first-order chi connectivity index (χ1) is 9.04. The Morgan fingerprint density at radius 2 is 2.16 bits per heavy atom. The third-order valence-electron chi connectivity index (χ3n) is 3.10. The van der Waals surface area contributed by atoms with Gasteiger partial charge in [-0.3, -0.25) is 9.78 Å². The summed E-state index contributed by atoms with van der Waals surface area (Å²) in [5.41, 5.74) is 1.27. The summed E-state index contributed by atoms with van der Waals surface area (Å²) in [7, 11) is 0. The highest BCUT2D eigenvalue weighted by Crippen LogP contribution is 2.16. The van der Waals surface area contributed by atoms with E-state index in [1.807, 2.05) is 13.8 Å². The van der Waals surface area contributed by atoms with E-state index in [1.165, 1.54) is 25.5 Å². The monoisotopic (exact) mass is 282 g/mol. The lowest BCUT2D eigenvalue weighted by molar-refractivity contribution is 0.0937. The van der Waals surface area contributed by atoms with Gasteiger partial charge in [0.1, 0.15) is 0 Å². The number of nitrogens with zero attached hydrogens (tertiary/aromatic N) is 1. The number of unbranched alkanes of at least 4 members (excludes halogenated alkanes) is 3. The number of halogens is 1. The molecule has 1 heterocycles. The molecule has 1 atom stereocenters.